The molecule has 0 saturated heterocycles. The number of nitrogens with zero attached hydrogens (tertiary/aromatic N) is 1. The predicted octanol–water partition coefficient (Wildman–Crippen LogP) is 4.38. The van der Waals surface area contributed by atoms with Gasteiger partial charge < -0.3 is 19.7 Å². The second kappa shape index (κ2) is 8.36. The van der Waals surface area contributed by atoms with Crippen LogP contribution in [-0.2, 0) is 13.0 Å². The average Bonchev–Trinajstić information content (AvgIpc) is 2.64. The van der Waals surface area contributed by atoms with E-state index in [0.29, 0.717) is 30.6 Å². The second-order valence-electron chi connectivity index (χ2n) is 6.02. The van der Waals surface area contributed by atoms with Crippen molar-refractivity contribution in [3.05, 3.63) is 53.3 Å². The molecule has 1 N–H and O–H groups in total. The molecule has 0 saturated carbocycles. The lowest BCUT2D eigenvalue weighted by Gasteiger charge is -2.32. The fourth-order valence-electron chi connectivity index (χ4n) is 3.03. The number of ether oxygens (including phenoxy) is 2. The van der Waals surface area contributed by atoms with Crippen LogP contribution in [0, 0.1) is 5.82 Å². The Hall–Kier alpha value is -2.34. The van der Waals surface area contributed by atoms with Crippen LogP contribution in [0.25, 0.3) is 0 Å². The number of halogens is 1. The maximum absolute atomic E-state index is 13.8. The molecule has 138 valence electrons. The molecule has 0 radical (unpaired) electrons. The Morgan fingerprint density at radius 2 is 1.77 bits per heavy atom. The van der Waals surface area contributed by atoms with Gasteiger partial charge in [0.1, 0.15) is 5.82 Å². The van der Waals surface area contributed by atoms with E-state index >= 15 is 0 Å². The highest BCUT2D eigenvalue weighted by molar-refractivity contribution is 7.80. The molecule has 2 aromatic carbocycles. The summed E-state index contributed by atoms with van der Waals surface area (Å²) in [6.07, 6.45) is 0.848. The standard InChI is InChI=1S/C20H23FN2O2S/c1-3-24-18-11-14-9-10-23(13-15(14)12-19(18)25-4-2)20(26)22-17-8-6-5-7-16(17)21/h5-8,11-12H,3-4,9-10,13H2,1-2H3,(H,22,26). The fourth-order valence-corrected chi connectivity index (χ4v) is 3.30. The SMILES string of the molecule is CCOc1cc2c(cc1OCC)CN(C(=S)Nc1ccccc1F)CC2. The molecule has 3 rings (SSSR count). The summed E-state index contributed by atoms with van der Waals surface area (Å²) in [5.74, 6) is 1.23. The average molecular weight is 374 g/mol. The Labute approximate surface area is 158 Å². The van der Waals surface area contributed by atoms with Crippen molar-refractivity contribution in [3.63, 3.8) is 0 Å². The molecule has 0 aromatic heterocycles. The third kappa shape index (κ3) is 4.07. The zero-order valence-electron chi connectivity index (χ0n) is 15.0. The lowest BCUT2D eigenvalue weighted by molar-refractivity contribution is 0.285. The van der Waals surface area contributed by atoms with Crippen LogP contribution in [-0.4, -0.2) is 29.8 Å². The van der Waals surface area contributed by atoms with E-state index in [1.807, 2.05) is 24.8 Å². The number of anilines is 1. The number of hydrogen-bond donors (Lipinski definition) is 1. The van der Waals surface area contributed by atoms with Gasteiger partial charge in [-0.25, -0.2) is 4.39 Å². The molecule has 1 heterocycles. The number of nitrogens with one attached hydrogen (secondary N) is 1. The molecule has 0 aliphatic carbocycles. The number of para-hydroxylation sites is 1. The molecule has 0 fully saturated rings. The molecule has 0 amide bonds. The number of benzene rings is 2. The van der Waals surface area contributed by atoms with Crippen molar-refractivity contribution in [2.75, 3.05) is 25.1 Å². The third-order valence-corrected chi connectivity index (χ3v) is 4.64. The minimum absolute atomic E-state index is 0.313. The van der Waals surface area contributed by atoms with Crippen LogP contribution in [0.2, 0.25) is 0 Å². The number of fused-ring (bicyclic) bond motifs is 1. The Morgan fingerprint density at radius 3 is 2.42 bits per heavy atom. The minimum Gasteiger partial charge on any atom is -0.490 e. The molecule has 2 aromatic rings. The smallest absolute Gasteiger partial charge is 0.173 e. The molecule has 0 spiro atoms. The lowest BCUT2D eigenvalue weighted by atomic mass is 9.99. The van der Waals surface area contributed by atoms with Gasteiger partial charge in [0.25, 0.3) is 0 Å². The van der Waals surface area contributed by atoms with Crippen LogP contribution in [0.15, 0.2) is 36.4 Å². The van der Waals surface area contributed by atoms with Gasteiger partial charge in [0.2, 0.25) is 0 Å². The van der Waals surface area contributed by atoms with Gasteiger partial charge in [-0.1, -0.05) is 12.1 Å². The first-order valence-electron chi connectivity index (χ1n) is 8.84. The van der Waals surface area contributed by atoms with E-state index in [1.54, 1.807) is 18.2 Å². The van der Waals surface area contributed by atoms with E-state index in [-0.39, 0.29) is 5.82 Å². The van der Waals surface area contributed by atoms with Crippen LogP contribution in [0.3, 0.4) is 0 Å². The summed E-state index contributed by atoms with van der Waals surface area (Å²) >= 11 is 5.49. The minimum atomic E-state index is -0.313. The highest BCUT2D eigenvalue weighted by Gasteiger charge is 2.21. The van der Waals surface area contributed by atoms with Crippen molar-refractivity contribution in [1.82, 2.24) is 4.90 Å². The largest absolute Gasteiger partial charge is 0.490 e. The first-order valence-corrected chi connectivity index (χ1v) is 9.25. The molecule has 1 aliphatic rings. The highest BCUT2D eigenvalue weighted by Crippen LogP contribution is 2.34. The van der Waals surface area contributed by atoms with Crippen LogP contribution < -0.4 is 14.8 Å². The second-order valence-corrected chi connectivity index (χ2v) is 6.40. The van der Waals surface area contributed by atoms with Crippen molar-refractivity contribution in [2.24, 2.45) is 0 Å². The molecule has 0 atom stereocenters. The van der Waals surface area contributed by atoms with Gasteiger partial charge in [0.15, 0.2) is 16.6 Å². The summed E-state index contributed by atoms with van der Waals surface area (Å²) in [4.78, 5) is 2.04. The zero-order chi connectivity index (χ0) is 18.5. The quantitative estimate of drug-likeness (QED) is 0.786. The van der Waals surface area contributed by atoms with Gasteiger partial charge in [0, 0.05) is 13.1 Å². The Kier molecular flexibility index (Phi) is 5.93. The van der Waals surface area contributed by atoms with Gasteiger partial charge in [0.05, 0.1) is 18.9 Å². The molecule has 1 aliphatic heterocycles. The van der Waals surface area contributed by atoms with Gasteiger partial charge in [-0.15, -0.1) is 0 Å². The van der Waals surface area contributed by atoms with Crippen molar-refractivity contribution < 1.29 is 13.9 Å². The summed E-state index contributed by atoms with van der Waals surface area (Å²) in [5, 5.41) is 3.53. The fraction of sp³-hybridized carbons (Fsp3) is 0.350. The lowest BCUT2D eigenvalue weighted by Crippen LogP contribution is -2.38. The Bertz CT molecular complexity index is 797. The Balaban J connectivity index is 1.77. The van der Waals surface area contributed by atoms with E-state index < -0.39 is 0 Å². The summed E-state index contributed by atoms with van der Waals surface area (Å²) < 4.78 is 25.3. The third-order valence-electron chi connectivity index (χ3n) is 4.28. The number of rotatable bonds is 5. The number of thiocarbonyl (C=S) groups is 1. The van der Waals surface area contributed by atoms with E-state index in [9.17, 15) is 4.39 Å². The van der Waals surface area contributed by atoms with Crippen molar-refractivity contribution in [1.29, 1.82) is 0 Å². The first-order chi connectivity index (χ1) is 12.6. The van der Waals surface area contributed by atoms with Crippen LogP contribution in [0.1, 0.15) is 25.0 Å². The maximum Gasteiger partial charge on any atom is 0.173 e. The van der Waals surface area contributed by atoms with Gasteiger partial charge >= 0.3 is 0 Å². The van der Waals surface area contributed by atoms with Gasteiger partial charge in [-0.3, -0.25) is 0 Å². The zero-order valence-corrected chi connectivity index (χ0v) is 15.9. The molecule has 0 bridgehead atoms. The van der Waals surface area contributed by atoms with Gasteiger partial charge in [-0.05, 0) is 67.9 Å². The summed E-state index contributed by atoms with van der Waals surface area (Å²) in [6, 6.07) is 10.6. The van der Waals surface area contributed by atoms with Crippen molar-refractivity contribution in [3.8, 4) is 11.5 Å². The summed E-state index contributed by atoms with van der Waals surface area (Å²) in [5.41, 5.74) is 2.78. The summed E-state index contributed by atoms with van der Waals surface area (Å²) in [6.45, 7) is 6.52. The highest BCUT2D eigenvalue weighted by atomic mass is 32.1. The van der Waals surface area contributed by atoms with Crippen LogP contribution >= 0.6 is 12.2 Å². The molecular formula is C20H23FN2O2S. The van der Waals surface area contributed by atoms with Crippen LogP contribution in [0.4, 0.5) is 10.1 Å². The van der Waals surface area contributed by atoms with Crippen molar-refractivity contribution in [2.45, 2.75) is 26.8 Å². The van der Waals surface area contributed by atoms with E-state index in [1.165, 1.54) is 11.6 Å². The van der Waals surface area contributed by atoms with E-state index in [2.05, 4.69) is 11.4 Å². The molecule has 4 nitrogen and oxygen atoms in total. The molecule has 0 unspecified atom stereocenters. The maximum atomic E-state index is 13.8. The van der Waals surface area contributed by atoms with Crippen molar-refractivity contribution >= 4 is 23.0 Å². The van der Waals surface area contributed by atoms with Gasteiger partial charge in [-0.2, -0.15) is 0 Å². The van der Waals surface area contributed by atoms with Crippen LogP contribution in [0.5, 0.6) is 11.5 Å². The Morgan fingerprint density at radius 1 is 1.12 bits per heavy atom. The monoisotopic (exact) mass is 374 g/mol. The first kappa shape index (κ1) is 18.5. The topological polar surface area (TPSA) is 33.7 Å². The molecular weight excluding hydrogens is 351 g/mol. The molecule has 26 heavy (non-hydrogen) atoms. The molecule has 6 heteroatoms. The predicted molar refractivity (Wildman–Crippen MR) is 106 cm³/mol. The van der Waals surface area contributed by atoms with E-state index in [4.69, 9.17) is 21.7 Å². The summed E-state index contributed by atoms with van der Waals surface area (Å²) in [7, 11) is 0. The normalized spacial score (nSPS) is 13.1. The number of hydrogen-bond acceptors (Lipinski definition) is 3. The van der Waals surface area contributed by atoms with E-state index in [0.717, 1.165) is 30.0 Å².